The number of aryl methyl sites for hydroxylation is 1. The van der Waals surface area contributed by atoms with Gasteiger partial charge in [-0.05, 0) is 57.2 Å². The van der Waals surface area contributed by atoms with E-state index >= 15 is 0 Å². The van der Waals surface area contributed by atoms with Crippen LogP contribution in [0.4, 0.5) is 14.7 Å². The monoisotopic (exact) mass is 440 g/mol. The lowest BCUT2D eigenvalue weighted by Gasteiger charge is -2.33. The van der Waals surface area contributed by atoms with Crippen LogP contribution in [0.25, 0.3) is 33.2 Å². The Morgan fingerprint density at radius 2 is 2.06 bits per heavy atom. The van der Waals surface area contributed by atoms with Crippen molar-refractivity contribution < 1.29 is 13.9 Å². The second-order valence-electron chi connectivity index (χ2n) is 8.94. The van der Waals surface area contributed by atoms with E-state index in [1.54, 1.807) is 17.7 Å². The number of hydrogen-bond acceptors (Lipinski definition) is 5. The summed E-state index contributed by atoms with van der Waals surface area (Å²) in [6.45, 7) is 3.24. The molecule has 0 atom stereocenters. The Labute approximate surface area is 183 Å². The number of imidazole rings is 1. The highest BCUT2D eigenvalue weighted by Gasteiger charge is 2.29. The number of fused-ring (bicyclic) bond motifs is 2. The fourth-order valence-corrected chi connectivity index (χ4v) is 4.56. The summed E-state index contributed by atoms with van der Waals surface area (Å²) in [7, 11) is 0. The van der Waals surface area contributed by atoms with E-state index in [0.29, 0.717) is 28.5 Å². The first-order valence-electron chi connectivity index (χ1n) is 10.9. The molecule has 0 aliphatic heterocycles. The summed E-state index contributed by atoms with van der Waals surface area (Å²) in [6.07, 6.45) is 4.45. The Bertz CT molecular complexity index is 1270. The number of nitrogens with one attached hydrogen (secondary N) is 2. The van der Waals surface area contributed by atoms with Crippen LogP contribution in [0.3, 0.4) is 0 Å². The minimum absolute atomic E-state index is 0.239. The van der Waals surface area contributed by atoms with Crippen LogP contribution in [-0.2, 0) is 6.54 Å². The molecule has 0 saturated heterocycles. The number of aromatic nitrogens is 5. The molecule has 0 radical (unpaired) electrons. The third-order valence-corrected chi connectivity index (χ3v) is 6.40. The van der Waals surface area contributed by atoms with Gasteiger partial charge in [-0.15, -0.1) is 0 Å². The van der Waals surface area contributed by atoms with E-state index in [2.05, 4.69) is 25.3 Å². The third-order valence-electron chi connectivity index (χ3n) is 6.40. The quantitative estimate of drug-likeness (QED) is 0.420. The summed E-state index contributed by atoms with van der Waals surface area (Å²) in [6, 6.07) is 5.92. The molecule has 1 aromatic carbocycles. The van der Waals surface area contributed by atoms with E-state index in [1.807, 2.05) is 31.3 Å². The van der Waals surface area contributed by atoms with Gasteiger partial charge in [0.25, 0.3) is 6.43 Å². The largest absolute Gasteiger partial charge is 0.390 e. The van der Waals surface area contributed by atoms with E-state index in [0.717, 1.165) is 42.2 Å². The Morgan fingerprint density at radius 3 is 2.81 bits per heavy atom. The maximum Gasteiger partial charge on any atom is 0.256 e. The molecule has 3 aromatic heterocycles. The van der Waals surface area contributed by atoms with E-state index < -0.39 is 12.0 Å². The summed E-state index contributed by atoms with van der Waals surface area (Å²) in [5.41, 5.74) is 3.30. The molecule has 1 aliphatic carbocycles. The summed E-state index contributed by atoms with van der Waals surface area (Å²) in [4.78, 5) is 16.7. The molecule has 0 unspecified atom stereocenters. The van der Waals surface area contributed by atoms with Gasteiger partial charge in [-0.3, -0.25) is 0 Å². The van der Waals surface area contributed by atoms with Crippen LogP contribution in [0.15, 0.2) is 30.6 Å². The summed E-state index contributed by atoms with van der Waals surface area (Å²) in [5.74, 6) is 1.12. The van der Waals surface area contributed by atoms with Gasteiger partial charge in [-0.2, -0.15) is 4.98 Å². The zero-order valence-electron chi connectivity index (χ0n) is 18.1. The number of anilines is 1. The van der Waals surface area contributed by atoms with Crippen molar-refractivity contribution in [1.82, 2.24) is 24.5 Å². The second-order valence-corrected chi connectivity index (χ2v) is 8.94. The summed E-state index contributed by atoms with van der Waals surface area (Å²) >= 11 is 0. The van der Waals surface area contributed by atoms with Gasteiger partial charge in [-0.25, -0.2) is 18.7 Å². The fourth-order valence-electron chi connectivity index (χ4n) is 4.56. The average molecular weight is 440 g/mol. The van der Waals surface area contributed by atoms with Crippen molar-refractivity contribution in [3.8, 4) is 11.1 Å². The highest BCUT2D eigenvalue weighted by Crippen LogP contribution is 2.32. The number of hydrogen-bond donors (Lipinski definition) is 3. The number of rotatable bonds is 5. The average Bonchev–Trinajstić information content (AvgIpc) is 3.29. The molecule has 32 heavy (non-hydrogen) atoms. The number of benzene rings is 1. The van der Waals surface area contributed by atoms with Crippen LogP contribution in [0.5, 0.6) is 0 Å². The smallest absolute Gasteiger partial charge is 0.256 e. The zero-order valence-corrected chi connectivity index (χ0v) is 18.1. The molecule has 7 nitrogen and oxygen atoms in total. The third kappa shape index (κ3) is 3.92. The normalized spacial score (nSPS) is 21.6. The van der Waals surface area contributed by atoms with Crippen LogP contribution in [0, 0.1) is 6.92 Å². The topological polar surface area (TPSA) is 91.7 Å². The molecule has 3 heterocycles. The lowest BCUT2D eigenvalue weighted by molar-refractivity contribution is 0.0195. The highest BCUT2D eigenvalue weighted by atomic mass is 19.3. The second kappa shape index (κ2) is 7.81. The van der Waals surface area contributed by atoms with Gasteiger partial charge in [0.05, 0.1) is 23.2 Å². The SMILES string of the molecule is Cc1nc2ccc(-c3c[nH]c4nc(N[C@H]5CC[C@@](C)(O)CC5)ncc34)cc2n1CC(F)F. The molecule has 1 fully saturated rings. The molecule has 3 N–H and O–H groups in total. The standard InChI is InChI=1S/C23H26F2N6O/c1-13-28-18-4-3-14(9-19(18)31(13)12-20(24)25)16-10-26-21-17(16)11-27-22(30-21)29-15-5-7-23(2,32)8-6-15/h3-4,9-11,15,20,32H,5-8,12H2,1-2H3,(H2,26,27,29,30)/t15-,23+. The molecule has 4 aromatic rings. The van der Waals surface area contributed by atoms with Crippen molar-refractivity contribution in [3.63, 3.8) is 0 Å². The minimum atomic E-state index is -2.45. The van der Waals surface area contributed by atoms with E-state index in [-0.39, 0.29) is 12.6 Å². The zero-order chi connectivity index (χ0) is 22.5. The predicted molar refractivity (Wildman–Crippen MR) is 120 cm³/mol. The van der Waals surface area contributed by atoms with Crippen molar-refractivity contribution in [3.05, 3.63) is 36.4 Å². The van der Waals surface area contributed by atoms with Crippen molar-refractivity contribution in [2.45, 2.75) is 64.1 Å². The van der Waals surface area contributed by atoms with Crippen LogP contribution < -0.4 is 5.32 Å². The molecule has 168 valence electrons. The molecule has 9 heteroatoms. The maximum absolute atomic E-state index is 13.0. The predicted octanol–water partition coefficient (Wildman–Crippen LogP) is 4.65. The Hall–Kier alpha value is -3.07. The molecule has 1 aliphatic rings. The van der Waals surface area contributed by atoms with E-state index in [9.17, 15) is 13.9 Å². The fraction of sp³-hybridized carbons (Fsp3) is 0.435. The van der Waals surface area contributed by atoms with Gasteiger partial charge in [0.2, 0.25) is 5.95 Å². The van der Waals surface area contributed by atoms with Gasteiger partial charge < -0.3 is 20.0 Å². The van der Waals surface area contributed by atoms with Crippen LogP contribution in [0.1, 0.15) is 38.4 Å². The van der Waals surface area contributed by atoms with Gasteiger partial charge in [0, 0.05) is 29.4 Å². The van der Waals surface area contributed by atoms with Gasteiger partial charge in [0.15, 0.2) is 0 Å². The number of aliphatic hydroxyl groups is 1. The van der Waals surface area contributed by atoms with Gasteiger partial charge >= 0.3 is 0 Å². The molecule has 5 rings (SSSR count). The number of alkyl halides is 2. The van der Waals surface area contributed by atoms with Gasteiger partial charge in [0.1, 0.15) is 11.5 Å². The summed E-state index contributed by atoms with van der Waals surface area (Å²) < 4.78 is 27.6. The van der Waals surface area contributed by atoms with Gasteiger partial charge in [-0.1, -0.05) is 6.07 Å². The maximum atomic E-state index is 13.0. The van der Waals surface area contributed by atoms with E-state index in [4.69, 9.17) is 0 Å². The van der Waals surface area contributed by atoms with Crippen molar-refractivity contribution in [2.24, 2.45) is 0 Å². The Morgan fingerprint density at radius 1 is 1.28 bits per heavy atom. The molecule has 0 amide bonds. The van der Waals surface area contributed by atoms with Crippen LogP contribution in [-0.4, -0.2) is 47.7 Å². The van der Waals surface area contributed by atoms with Crippen molar-refractivity contribution in [1.29, 1.82) is 0 Å². The van der Waals surface area contributed by atoms with Crippen molar-refractivity contribution in [2.75, 3.05) is 5.32 Å². The molecule has 1 saturated carbocycles. The van der Waals surface area contributed by atoms with Crippen LogP contribution >= 0.6 is 0 Å². The first kappa shape index (κ1) is 20.8. The highest BCUT2D eigenvalue weighted by molar-refractivity contribution is 5.95. The number of halogens is 2. The lowest BCUT2D eigenvalue weighted by atomic mass is 9.84. The first-order chi connectivity index (χ1) is 15.3. The summed E-state index contributed by atoms with van der Waals surface area (Å²) in [5, 5.41) is 14.4. The van der Waals surface area contributed by atoms with E-state index in [1.165, 1.54) is 0 Å². The lowest BCUT2D eigenvalue weighted by Crippen LogP contribution is -2.36. The number of nitrogens with zero attached hydrogens (tertiary/aromatic N) is 4. The number of H-pyrrole nitrogens is 1. The molecule has 0 bridgehead atoms. The minimum Gasteiger partial charge on any atom is -0.390 e. The molecule has 0 spiro atoms. The van der Waals surface area contributed by atoms with Crippen molar-refractivity contribution >= 4 is 28.0 Å². The Balaban J connectivity index is 1.43. The molecular formula is C23H26F2N6O. The Kier molecular flexibility index (Phi) is 5.08. The number of aromatic amines is 1. The molecular weight excluding hydrogens is 414 g/mol. The van der Waals surface area contributed by atoms with Crippen LogP contribution in [0.2, 0.25) is 0 Å². The first-order valence-corrected chi connectivity index (χ1v) is 10.9.